The highest BCUT2D eigenvalue weighted by Crippen LogP contribution is 2.35. The van der Waals surface area contributed by atoms with Crippen molar-refractivity contribution in [3.63, 3.8) is 0 Å². The topological polar surface area (TPSA) is 84.8 Å². The fraction of sp³-hybridized carbons (Fsp3) is 0.269. The summed E-state index contributed by atoms with van der Waals surface area (Å²) in [5.41, 5.74) is 12.3. The quantitative estimate of drug-likeness (QED) is 0.178. The molecule has 0 aromatic heterocycles. The molecule has 7 heteroatoms. The maximum absolute atomic E-state index is 12.3. The molecule has 1 unspecified atom stereocenters. The number of hydrogen-bond acceptors (Lipinski definition) is 7. The summed E-state index contributed by atoms with van der Waals surface area (Å²) in [5, 5.41) is 1.49. The van der Waals surface area contributed by atoms with E-state index in [1.165, 1.54) is 28.1 Å². The van der Waals surface area contributed by atoms with Crippen molar-refractivity contribution < 1.29 is 9.53 Å². The Hall–Kier alpha value is -3.00. The second-order valence-corrected chi connectivity index (χ2v) is 9.48. The van der Waals surface area contributed by atoms with Gasteiger partial charge in [0.1, 0.15) is 0 Å². The fourth-order valence-corrected chi connectivity index (χ4v) is 5.23. The van der Waals surface area contributed by atoms with Crippen LogP contribution in [-0.4, -0.2) is 31.0 Å². The molecule has 3 aromatic carbocycles. The van der Waals surface area contributed by atoms with E-state index in [0.717, 1.165) is 36.3 Å². The summed E-state index contributed by atoms with van der Waals surface area (Å²) in [6.45, 7) is 1.86. The van der Waals surface area contributed by atoms with E-state index < -0.39 is 0 Å². The molecule has 0 spiro atoms. The number of nitrogens with two attached hydrogens (primary N) is 2. The van der Waals surface area contributed by atoms with Crippen LogP contribution in [0.1, 0.15) is 34.6 Å². The maximum atomic E-state index is 12.3. The lowest BCUT2D eigenvalue weighted by atomic mass is 9.85. The van der Waals surface area contributed by atoms with Crippen LogP contribution in [0.5, 0.6) is 0 Å². The van der Waals surface area contributed by atoms with E-state index in [2.05, 4.69) is 46.8 Å². The zero-order valence-electron chi connectivity index (χ0n) is 19.0. The molecule has 1 aliphatic rings. The summed E-state index contributed by atoms with van der Waals surface area (Å²) in [6.07, 6.45) is 1.25. The molecule has 0 saturated carbocycles. The van der Waals surface area contributed by atoms with Gasteiger partial charge in [0.05, 0.1) is 24.9 Å². The number of methoxy groups -OCH3 is 1. The van der Waals surface area contributed by atoms with Gasteiger partial charge in [-0.3, -0.25) is 4.79 Å². The summed E-state index contributed by atoms with van der Waals surface area (Å²) in [4.78, 5) is 13.5. The normalized spacial score (nSPS) is 14.4. The SMILES string of the molecule is COC(=O)CC(c1ccc(N(C)N)c(N)c1)c1ccc2c(c1)CN(Sc1ccccc1)CC2. The van der Waals surface area contributed by atoms with Crippen LogP contribution in [0.25, 0.3) is 0 Å². The third-order valence-electron chi connectivity index (χ3n) is 6.02. The van der Waals surface area contributed by atoms with Crippen molar-refractivity contribution in [3.8, 4) is 0 Å². The number of ether oxygens (including phenoxy) is 1. The average molecular weight is 463 g/mol. The summed E-state index contributed by atoms with van der Waals surface area (Å²) in [7, 11) is 3.17. The molecule has 0 radical (unpaired) electrons. The molecule has 4 N–H and O–H groups in total. The molecule has 172 valence electrons. The van der Waals surface area contributed by atoms with Crippen molar-refractivity contribution in [2.45, 2.75) is 30.2 Å². The minimum atomic E-state index is -0.252. The molecule has 3 aromatic rings. The zero-order chi connectivity index (χ0) is 23.4. The van der Waals surface area contributed by atoms with E-state index in [9.17, 15) is 4.79 Å². The standard InChI is InChI=1S/C26H30N4O2S/c1-29(28)25-11-10-20(15-24(25)27)23(16-26(31)32-2)19-9-8-18-12-13-30(17-21(18)14-19)33-22-6-4-3-5-7-22/h3-11,14-15,23H,12-13,16-17,27-28H2,1-2H3. The monoisotopic (exact) mass is 462 g/mol. The number of esters is 1. The van der Waals surface area contributed by atoms with Gasteiger partial charge in [0, 0.05) is 31.0 Å². The molecule has 4 rings (SSSR count). The van der Waals surface area contributed by atoms with E-state index in [1.807, 2.05) is 24.3 Å². The molecule has 0 bridgehead atoms. The molecule has 1 aliphatic heterocycles. The fourth-order valence-electron chi connectivity index (χ4n) is 4.27. The van der Waals surface area contributed by atoms with Crippen molar-refractivity contribution in [2.24, 2.45) is 5.84 Å². The van der Waals surface area contributed by atoms with Gasteiger partial charge in [-0.2, -0.15) is 0 Å². The van der Waals surface area contributed by atoms with E-state index in [4.69, 9.17) is 16.3 Å². The molecule has 0 aliphatic carbocycles. The highest BCUT2D eigenvalue weighted by molar-refractivity contribution is 7.97. The van der Waals surface area contributed by atoms with Crippen LogP contribution in [0.2, 0.25) is 0 Å². The summed E-state index contributed by atoms with van der Waals surface area (Å²) >= 11 is 1.79. The third-order valence-corrected chi connectivity index (χ3v) is 7.07. The van der Waals surface area contributed by atoms with Gasteiger partial charge in [-0.15, -0.1) is 0 Å². The number of hydrogen-bond donors (Lipinski definition) is 2. The predicted octanol–water partition coefficient (Wildman–Crippen LogP) is 4.34. The van der Waals surface area contributed by atoms with Crippen LogP contribution in [0, 0.1) is 0 Å². The number of carbonyl (C=O) groups excluding carboxylic acids is 1. The van der Waals surface area contributed by atoms with Crippen LogP contribution < -0.4 is 16.6 Å². The first-order valence-electron chi connectivity index (χ1n) is 11.0. The van der Waals surface area contributed by atoms with Gasteiger partial charge in [-0.1, -0.05) is 42.5 Å². The Labute approximate surface area is 199 Å². The zero-order valence-corrected chi connectivity index (χ0v) is 19.8. The largest absolute Gasteiger partial charge is 0.469 e. The number of benzene rings is 3. The van der Waals surface area contributed by atoms with Crippen LogP contribution in [0.15, 0.2) is 71.6 Å². The van der Waals surface area contributed by atoms with Gasteiger partial charge in [-0.05, 0) is 64.9 Å². The summed E-state index contributed by atoms with van der Waals surface area (Å²) in [5.74, 6) is 5.47. The number of carbonyl (C=O) groups is 1. The van der Waals surface area contributed by atoms with Crippen molar-refractivity contribution in [3.05, 3.63) is 89.0 Å². The number of anilines is 2. The molecule has 1 heterocycles. The Bertz CT molecular complexity index is 1120. The number of hydrazine groups is 1. The number of rotatable bonds is 7. The Morgan fingerprint density at radius 1 is 1.09 bits per heavy atom. The maximum Gasteiger partial charge on any atom is 0.306 e. The van der Waals surface area contributed by atoms with E-state index in [-0.39, 0.29) is 18.3 Å². The van der Waals surface area contributed by atoms with Crippen LogP contribution >= 0.6 is 11.9 Å². The van der Waals surface area contributed by atoms with Crippen molar-refractivity contribution in [1.29, 1.82) is 0 Å². The number of fused-ring (bicyclic) bond motifs is 1. The van der Waals surface area contributed by atoms with Crippen LogP contribution in [0.3, 0.4) is 0 Å². The third kappa shape index (κ3) is 5.50. The van der Waals surface area contributed by atoms with Crippen LogP contribution in [0.4, 0.5) is 11.4 Å². The first-order chi connectivity index (χ1) is 15.9. The van der Waals surface area contributed by atoms with Crippen molar-refractivity contribution in [2.75, 3.05) is 31.4 Å². The first-order valence-corrected chi connectivity index (χ1v) is 11.8. The predicted molar refractivity (Wildman–Crippen MR) is 135 cm³/mol. The lowest BCUT2D eigenvalue weighted by Gasteiger charge is -2.29. The smallest absolute Gasteiger partial charge is 0.306 e. The molecule has 33 heavy (non-hydrogen) atoms. The molecule has 0 amide bonds. The van der Waals surface area contributed by atoms with Gasteiger partial charge in [0.15, 0.2) is 0 Å². The molecule has 1 atom stereocenters. The van der Waals surface area contributed by atoms with Gasteiger partial charge in [0.2, 0.25) is 0 Å². The molecule has 0 fully saturated rings. The molecular formula is C26H30N4O2S. The van der Waals surface area contributed by atoms with Gasteiger partial charge in [-0.25, -0.2) is 10.1 Å². The Kier molecular flexibility index (Phi) is 7.23. The number of nitrogens with zero attached hydrogens (tertiary/aromatic N) is 2. The van der Waals surface area contributed by atoms with Crippen LogP contribution in [-0.2, 0) is 22.5 Å². The number of nitrogen functional groups attached to an aromatic ring is 1. The molecule has 6 nitrogen and oxygen atoms in total. The van der Waals surface area contributed by atoms with Gasteiger partial charge >= 0.3 is 5.97 Å². The minimum absolute atomic E-state index is 0.153. The average Bonchev–Trinajstić information content (AvgIpc) is 2.82. The second-order valence-electron chi connectivity index (χ2n) is 8.31. The first kappa shape index (κ1) is 23.2. The lowest BCUT2D eigenvalue weighted by molar-refractivity contribution is -0.140. The second kappa shape index (κ2) is 10.3. The minimum Gasteiger partial charge on any atom is -0.469 e. The summed E-state index contributed by atoms with van der Waals surface area (Å²) < 4.78 is 7.39. The summed E-state index contributed by atoms with van der Waals surface area (Å²) in [6, 6.07) is 22.8. The molecular weight excluding hydrogens is 432 g/mol. The highest BCUT2D eigenvalue weighted by atomic mass is 32.2. The Balaban J connectivity index is 1.62. The van der Waals surface area contributed by atoms with Crippen molar-refractivity contribution in [1.82, 2.24) is 4.31 Å². The van der Waals surface area contributed by atoms with Gasteiger partial charge in [0.25, 0.3) is 0 Å². The lowest BCUT2D eigenvalue weighted by Crippen LogP contribution is -2.26. The molecule has 0 saturated heterocycles. The van der Waals surface area contributed by atoms with E-state index in [1.54, 1.807) is 19.0 Å². The van der Waals surface area contributed by atoms with E-state index in [0.29, 0.717) is 5.69 Å². The van der Waals surface area contributed by atoms with Gasteiger partial charge < -0.3 is 15.5 Å². The van der Waals surface area contributed by atoms with Crippen molar-refractivity contribution >= 4 is 29.3 Å². The Morgan fingerprint density at radius 3 is 2.52 bits per heavy atom. The van der Waals surface area contributed by atoms with E-state index >= 15 is 0 Å². The Morgan fingerprint density at radius 2 is 1.82 bits per heavy atom. The highest BCUT2D eigenvalue weighted by Gasteiger charge is 2.23.